The van der Waals surface area contributed by atoms with Crippen LogP contribution in [0.4, 0.5) is 4.39 Å². The molecule has 1 aliphatic rings. The molecule has 1 aromatic heterocycles. The summed E-state index contributed by atoms with van der Waals surface area (Å²) in [5, 5.41) is -0.137. The van der Waals surface area contributed by atoms with Crippen molar-refractivity contribution >= 4 is 39.2 Å². The summed E-state index contributed by atoms with van der Waals surface area (Å²) in [5.41, 5.74) is -1.22. The van der Waals surface area contributed by atoms with Gasteiger partial charge in [-0.25, -0.2) is 9.18 Å². The van der Waals surface area contributed by atoms with E-state index in [9.17, 15) is 9.59 Å². The highest BCUT2D eigenvalue weighted by molar-refractivity contribution is 14.1. The molecule has 0 spiro atoms. The minimum absolute atomic E-state index is 0.0120. The van der Waals surface area contributed by atoms with E-state index in [-0.39, 0.29) is 20.3 Å². The summed E-state index contributed by atoms with van der Waals surface area (Å²) in [5.74, 6) is 0. The van der Waals surface area contributed by atoms with Crippen molar-refractivity contribution in [1.82, 2.24) is 9.55 Å². The second kappa shape index (κ2) is 9.36. The number of ether oxygens (including phenoxy) is 1. The number of hydrogen-bond acceptors (Lipinski definition) is 5. The number of aromatic nitrogens is 2. The van der Waals surface area contributed by atoms with Crippen LogP contribution in [0.3, 0.4) is 0 Å². The molecule has 0 amide bonds. The first-order valence-electron chi connectivity index (χ1n) is 10.9. The molecule has 1 N–H and O–H groups in total. The van der Waals surface area contributed by atoms with Crippen LogP contribution in [0.1, 0.15) is 47.8 Å². The van der Waals surface area contributed by atoms with E-state index in [4.69, 9.17) is 13.6 Å². The summed E-state index contributed by atoms with van der Waals surface area (Å²) in [7, 11) is -4.45. The Bertz CT molecular complexity index is 936. The van der Waals surface area contributed by atoms with Gasteiger partial charge in [0.1, 0.15) is 12.2 Å². The Morgan fingerprint density at radius 1 is 1.09 bits per heavy atom. The second-order valence-electron chi connectivity index (χ2n) is 11.6. The number of aromatic amines is 1. The predicted octanol–water partition coefficient (Wildman–Crippen LogP) is 4.79. The highest BCUT2D eigenvalue weighted by Crippen LogP contribution is 2.43. The Morgan fingerprint density at radius 3 is 2.12 bits per heavy atom. The summed E-state index contributed by atoms with van der Waals surface area (Å²) in [6, 6.07) is 0. The fraction of sp³-hybridized carbons (Fsp3) is 0.810. The molecule has 2 rings (SSSR count). The maximum atomic E-state index is 15.8. The lowest BCUT2D eigenvalue weighted by Gasteiger charge is -2.40. The van der Waals surface area contributed by atoms with Crippen molar-refractivity contribution in [3.63, 3.8) is 0 Å². The van der Waals surface area contributed by atoms with Crippen molar-refractivity contribution in [3.8, 4) is 0 Å². The molecule has 1 fully saturated rings. The standard InChI is InChI=1S/C21H38FIN2O5Si2/c1-20(2,3)31(7,8)28-12-14-16(30-32(9,10)21(4,5)6)15(22)18(29-14)25-11-13(23)17(26)24-19(25)27/h11,14-16,18H,12H2,1-10H3,(H,24,26,27)/t14-,15-,16-,18-/m1/s1. The van der Waals surface area contributed by atoms with Crippen molar-refractivity contribution in [1.29, 1.82) is 0 Å². The smallest absolute Gasteiger partial charge is 0.330 e. The fourth-order valence-corrected chi connectivity index (χ4v) is 5.63. The third-order valence-electron chi connectivity index (χ3n) is 7.12. The fourth-order valence-electron chi connectivity index (χ4n) is 2.87. The number of H-pyrrole nitrogens is 1. The van der Waals surface area contributed by atoms with Gasteiger partial charge in [-0.3, -0.25) is 14.3 Å². The lowest BCUT2D eigenvalue weighted by molar-refractivity contribution is -0.0456. The number of nitrogens with one attached hydrogen (secondary N) is 1. The minimum atomic E-state index is -2.34. The number of alkyl halides is 1. The highest BCUT2D eigenvalue weighted by Gasteiger charge is 2.52. The van der Waals surface area contributed by atoms with Crippen molar-refractivity contribution in [3.05, 3.63) is 30.6 Å². The SMILES string of the molecule is CC(C)(C)[Si](C)(C)OC[C@H]1O[C@@H](n2cc(I)c(=O)[nH]c2=O)[C@H](F)[C@@H]1O[Si](C)(C)C(C)(C)C. The van der Waals surface area contributed by atoms with E-state index in [2.05, 4.69) is 72.7 Å². The molecule has 1 saturated heterocycles. The largest absolute Gasteiger partial charge is 0.414 e. The van der Waals surface area contributed by atoms with Gasteiger partial charge < -0.3 is 13.6 Å². The zero-order chi connectivity index (χ0) is 24.9. The molecule has 0 aliphatic carbocycles. The third kappa shape index (κ3) is 5.82. The Balaban J connectivity index is 2.41. The maximum Gasteiger partial charge on any atom is 0.330 e. The highest BCUT2D eigenvalue weighted by atomic mass is 127. The molecule has 184 valence electrons. The number of hydrogen-bond donors (Lipinski definition) is 1. The van der Waals surface area contributed by atoms with E-state index in [0.717, 1.165) is 4.57 Å². The van der Waals surface area contributed by atoms with E-state index < -0.39 is 52.5 Å². The van der Waals surface area contributed by atoms with Gasteiger partial charge in [0.15, 0.2) is 29.0 Å². The van der Waals surface area contributed by atoms with E-state index in [1.54, 1.807) is 0 Å². The molecule has 0 aromatic carbocycles. The molecule has 11 heteroatoms. The van der Waals surface area contributed by atoms with Gasteiger partial charge in [0, 0.05) is 6.20 Å². The van der Waals surface area contributed by atoms with Crippen LogP contribution in [0.2, 0.25) is 36.3 Å². The van der Waals surface area contributed by atoms with Crippen LogP contribution in [0.15, 0.2) is 15.8 Å². The van der Waals surface area contributed by atoms with E-state index in [1.165, 1.54) is 6.20 Å². The molecule has 0 saturated carbocycles. The Hall–Kier alpha value is -0.346. The monoisotopic (exact) mass is 600 g/mol. The summed E-state index contributed by atoms with van der Waals surface area (Å²) >= 11 is 1.81. The van der Waals surface area contributed by atoms with Crippen molar-refractivity contribution in [2.45, 2.75) is 102 Å². The zero-order valence-electron chi connectivity index (χ0n) is 20.8. The lowest BCUT2D eigenvalue weighted by Crippen LogP contribution is -2.50. The summed E-state index contributed by atoms with van der Waals surface area (Å²) < 4.78 is 36.1. The van der Waals surface area contributed by atoms with Crippen LogP contribution in [0, 0.1) is 3.57 Å². The molecule has 4 atom stereocenters. The molecule has 1 aliphatic heterocycles. The van der Waals surface area contributed by atoms with Crippen molar-refractivity contribution in [2.75, 3.05) is 6.61 Å². The van der Waals surface area contributed by atoms with E-state index >= 15 is 4.39 Å². The van der Waals surface area contributed by atoms with Gasteiger partial charge >= 0.3 is 5.69 Å². The zero-order valence-corrected chi connectivity index (χ0v) is 25.0. The van der Waals surface area contributed by atoms with Gasteiger partial charge in [0.2, 0.25) is 0 Å². The van der Waals surface area contributed by atoms with Crippen LogP contribution in [0.25, 0.3) is 0 Å². The summed E-state index contributed by atoms with van der Waals surface area (Å²) in [4.78, 5) is 26.4. The minimum Gasteiger partial charge on any atom is -0.414 e. The normalized spacial score (nSPS) is 25.4. The molecular formula is C21H38FIN2O5Si2. The summed E-state index contributed by atoms with van der Waals surface area (Å²) in [6.45, 7) is 21.3. The Kier molecular flexibility index (Phi) is 8.16. The first-order chi connectivity index (χ1) is 14.3. The van der Waals surface area contributed by atoms with Gasteiger partial charge in [-0.1, -0.05) is 41.5 Å². The van der Waals surface area contributed by atoms with Crippen LogP contribution in [-0.4, -0.2) is 51.2 Å². The molecule has 0 bridgehead atoms. The lowest BCUT2D eigenvalue weighted by atomic mass is 10.1. The molecule has 2 heterocycles. The molecule has 0 unspecified atom stereocenters. The topological polar surface area (TPSA) is 82.5 Å². The van der Waals surface area contributed by atoms with Crippen molar-refractivity contribution in [2.24, 2.45) is 0 Å². The maximum absolute atomic E-state index is 15.8. The quantitative estimate of drug-likeness (QED) is 0.375. The molecule has 0 radical (unpaired) electrons. The van der Waals surface area contributed by atoms with Gasteiger partial charge in [0.05, 0.1) is 10.2 Å². The molecule has 7 nitrogen and oxygen atoms in total. The first kappa shape index (κ1) is 27.9. The third-order valence-corrected chi connectivity index (χ3v) is 16.9. The average Bonchev–Trinajstić information content (AvgIpc) is 2.90. The Morgan fingerprint density at radius 2 is 1.62 bits per heavy atom. The average molecular weight is 601 g/mol. The van der Waals surface area contributed by atoms with E-state index in [1.807, 2.05) is 22.6 Å². The van der Waals surface area contributed by atoms with E-state index in [0.29, 0.717) is 0 Å². The van der Waals surface area contributed by atoms with Gasteiger partial charge in [-0.15, -0.1) is 0 Å². The summed E-state index contributed by atoms with van der Waals surface area (Å²) in [6.07, 6.45) is -3.00. The number of rotatable bonds is 6. The van der Waals surface area contributed by atoms with Crippen LogP contribution in [-0.2, 0) is 13.6 Å². The van der Waals surface area contributed by atoms with Gasteiger partial charge in [-0.2, -0.15) is 0 Å². The molecular weight excluding hydrogens is 562 g/mol. The van der Waals surface area contributed by atoms with Gasteiger partial charge in [0.25, 0.3) is 5.56 Å². The van der Waals surface area contributed by atoms with Crippen molar-refractivity contribution < 1.29 is 18.0 Å². The predicted molar refractivity (Wildman–Crippen MR) is 138 cm³/mol. The van der Waals surface area contributed by atoms with Crippen LogP contribution in [0.5, 0.6) is 0 Å². The Labute approximate surface area is 205 Å². The second-order valence-corrected chi connectivity index (χ2v) is 22.3. The molecule has 1 aromatic rings. The number of halogens is 2. The molecule has 32 heavy (non-hydrogen) atoms. The number of nitrogens with zero attached hydrogens (tertiary/aromatic N) is 1. The van der Waals surface area contributed by atoms with Gasteiger partial charge in [-0.05, 0) is 58.9 Å². The van der Waals surface area contributed by atoms with Crippen LogP contribution < -0.4 is 11.2 Å². The van der Waals surface area contributed by atoms with Crippen LogP contribution >= 0.6 is 22.6 Å². The first-order valence-corrected chi connectivity index (χ1v) is 17.8.